The smallest absolute Gasteiger partial charge is 0.229 e. The van der Waals surface area contributed by atoms with Gasteiger partial charge in [0.1, 0.15) is 0 Å². The van der Waals surface area contributed by atoms with Gasteiger partial charge < -0.3 is 0 Å². The number of amides is 2. The van der Waals surface area contributed by atoms with Crippen LogP contribution in [0.3, 0.4) is 0 Å². The van der Waals surface area contributed by atoms with E-state index >= 15 is 0 Å². The fourth-order valence-corrected chi connectivity index (χ4v) is 1.66. The third-order valence-corrected chi connectivity index (χ3v) is 2.90. The molecule has 0 aliphatic carbocycles. The van der Waals surface area contributed by atoms with Crippen LogP contribution in [0.15, 0.2) is 0 Å². The van der Waals surface area contributed by atoms with Crippen LogP contribution in [0.4, 0.5) is 0 Å². The highest BCUT2D eigenvalue weighted by Crippen LogP contribution is 2.21. The maximum absolute atomic E-state index is 11.7. The maximum atomic E-state index is 11.7. The summed E-state index contributed by atoms with van der Waals surface area (Å²) in [6, 6.07) is 2.18. The van der Waals surface area contributed by atoms with E-state index in [0.29, 0.717) is 25.8 Å². The molecule has 0 aromatic carbocycles. The fourth-order valence-electron chi connectivity index (χ4n) is 1.66. The lowest BCUT2D eigenvalue weighted by atomic mass is 9.91. The van der Waals surface area contributed by atoms with Gasteiger partial charge in [-0.25, -0.2) is 0 Å². The normalized spacial score (nSPS) is 18.2. The summed E-state index contributed by atoms with van der Waals surface area (Å²) in [4.78, 5) is 24.6. The fraction of sp³-hybridized carbons (Fsp3) is 0.750. The van der Waals surface area contributed by atoms with Crippen LogP contribution < -0.4 is 0 Å². The van der Waals surface area contributed by atoms with Gasteiger partial charge in [-0.2, -0.15) is 5.26 Å². The van der Waals surface area contributed by atoms with Crippen molar-refractivity contribution in [1.82, 2.24) is 4.90 Å². The molecule has 4 heteroatoms. The van der Waals surface area contributed by atoms with E-state index in [1.54, 1.807) is 0 Å². The zero-order chi connectivity index (χ0) is 12.2. The number of nitriles is 1. The van der Waals surface area contributed by atoms with Crippen molar-refractivity contribution < 1.29 is 9.59 Å². The van der Waals surface area contributed by atoms with Gasteiger partial charge in [0.2, 0.25) is 11.8 Å². The second-order valence-electron chi connectivity index (χ2n) is 4.89. The van der Waals surface area contributed by atoms with Crippen LogP contribution in [0.2, 0.25) is 0 Å². The third kappa shape index (κ3) is 3.34. The van der Waals surface area contributed by atoms with Gasteiger partial charge in [0.25, 0.3) is 0 Å². The predicted octanol–water partition coefficient (Wildman–Crippen LogP) is 1.86. The van der Waals surface area contributed by atoms with Gasteiger partial charge in [0.05, 0.1) is 11.5 Å². The molecule has 1 saturated heterocycles. The third-order valence-electron chi connectivity index (χ3n) is 2.90. The summed E-state index contributed by atoms with van der Waals surface area (Å²) >= 11 is 0. The van der Waals surface area contributed by atoms with Crippen LogP contribution in [-0.4, -0.2) is 23.3 Å². The van der Waals surface area contributed by atoms with Gasteiger partial charge in [0.15, 0.2) is 0 Å². The van der Waals surface area contributed by atoms with Crippen LogP contribution in [-0.2, 0) is 9.59 Å². The van der Waals surface area contributed by atoms with Crippen molar-refractivity contribution in [2.75, 3.05) is 6.54 Å². The Morgan fingerprint density at radius 3 is 2.19 bits per heavy atom. The number of rotatable bonds is 3. The van der Waals surface area contributed by atoms with Crippen LogP contribution in [0.25, 0.3) is 0 Å². The molecule has 0 radical (unpaired) electrons. The number of carbonyl (C=O) groups is 2. The topological polar surface area (TPSA) is 61.2 Å². The van der Waals surface area contributed by atoms with E-state index in [0.717, 1.165) is 12.8 Å². The molecule has 0 aromatic heterocycles. The van der Waals surface area contributed by atoms with E-state index in [-0.39, 0.29) is 11.8 Å². The molecule has 1 fully saturated rings. The van der Waals surface area contributed by atoms with Crippen LogP contribution in [0, 0.1) is 16.7 Å². The SMILES string of the molecule is CC(C)(C#N)CCN1C(=O)CCCCC1=O. The molecule has 2 amide bonds. The minimum Gasteiger partial charge on any atom is -0.283 e. The maximum Gasteiger partial charge on any atom is 0.229 e. The standard InChI is InChI=1S/C12H18N2O2/c1-12(2,9-13)7-8-14-10(15)5-3-4-6-11(14)16/h3-8H2,1-2H3. The largest absolute Gasteiger partial charge is 0.283 e. The second-order valence-corrected chi connectivity index (χ2v) is 4.89. The molecule has 0 saturated carbocycles. The Morgan fingerprint density at radius 1 is 1.25 bits per heavy atom. The van der Waals surface area contributed by atoms with E-state index in [1.165, 1.54) is 4.90 Å². The molecule has 0 spiro atoms. The Balaban J connectivity index is 2.60. The lowest BCUT2D eigenvalue weighted by Crippen LogP contribution is -2.37. The Kier molecular flexibility index (Phi) is 4.05. The predicted molar refractivity (Wildman–Crippen MR) is 59.2 cm³/mol. The number of hydrogen-bond acceptors (Lipinski definition) is 3. The zero-order valence-electron chi connectivity index (χ0n) is 9.95. The Hall–Kier alpha value is -1.37. The Bertz CT molecular complexity index is 310. The van der Waals surface area contributed by atoms with Crippen LogP contribution in [0.5, 0.6) is 0 Å². The number of hydrogen-bond donors (Lipinski definition) is 0. The second kappa shape index (κ2) is 5.11. The molecule has 1 aliphatic heterocycles. The highest BCUT2D eigenvalue weighted by Gasteiger charge is 2.26. The summed E-state index contributed by atoms with van der Waals surface area (Å²) in [5.41, 5.74) is -0.479. The summed E-state index contributed by atoms with van der Waals surface area (Å²) in [5.74, 6) is -0.174. The van der Waals surface area contributed by atoms with Gasteiger partial charge >= 0.3 is 0 Å². The minimum absolute atomic E-state index is 0.0868. The number of carbonyl (C=O) groups excluding carboxylic acids is 2. The molecular formula is C12H18N2O2. The highest BCUT2D eigenvalue weighted by molar-refractivity contribution is 5.95. The highest BCUT2D eigenvalue weighted by atomic mass is 16.2. The van der Waals surface area contributed by atoms with Gasteiger partial charge in [-0.05, 0) is 33.1 Å². The monoisotopic (exact) mass is 222 g/mol. The summed E-state index contributed by atoms with van der Waals surface area (Å²) in [5, 5.41) is 8.87. The quantitative estimate of drug-likeness (QED) is 0.685. The molecule has 0 bridgehead atoms. The Labute approximate surface area is 96.2 Å². The number of nitrogens with zero attached hydrogens (tertiary/aromatic N) is 2. The molecule has 0 unspecified atom stereocenters. The molecule has 0 aromatic rings. The van der Waals surface area contributed by atoms with Gasteiger partial charge in [-0.3, -0.25) is 14.5 Å². The molecule has 1 aliphatic rings. The van der Waals surface area contributed by atoms with Crippen molar-refractivity contribution in [2.45, 2.75) is 46.0 Å². The molecular weight excluding hydrogens is 204 g/mol. The lowest BCUT2D eigenvalue weighted by Gasteiger charge is -2.22. The number of likely N-dealkylation sites (tertiary alicyclic amines) is 1. The average molecular weight is 222 g/mol. The van der Waals surface area contributed by atoms with Crippen molar-refractivity contribution in [3.05, 3.63) is 0 Å². The van der Waals surface area contributed by atoms with Gasteiger partial charge in [0, 0.05) is 19.4 Å². The lowest BCUT2D eigenvalue weighted by molar-refractivity contribution is -0.144. The van der Waals surface area contributed by atoms with E-state index < -0.39 is 5.41 Å². The van der Waals surface area contributed by atoms with Crippen LogP contribution in [0.1, 0.15) is 46.0 Å². The van der Waals surface area contributed by atoms with Crippen molar-refractivity contribution in [2.24, 2.45) is 5.41 Å². The van der Waals surface area contributed by atoms with Gasteiger partial charge in [-0.15, -0.1) is 0 Å². The average Bonchev–Trinajstić information content (AvgIpc) is 2.38. The first-order chi connectivity index (χ1) is 7.46. The van der Waals surface area contributed by atoms with E-state index in [2.05, 4.69) is 6.07 Å². The summed E-state index contributed by atoms with van der Waals surface area (Å²) in [6.45, 7) is 4.01. The zero-order valence-corrected chi connectivity index (χ0v) is 9.95. The first-order valence-corrected chi connectivity index (χ1v) is 5.71. The molecule has 4 nitrogen and oxygen atoms in total. The van der Waals surface area contributed by atoms with Crippen LogP contribution >= 0.6 is 0 Å². The van der Waals surface area contributed by atoms with Crippen molar-refractivity contribution in [3.63, 3.8) is 0 Å². The molecule has 1 heterocycles. The molecule has 88 valence electrons. The van der Waals surface area contributed by atoms with Crippen molar-refractivity contribution in [3.8, 4) is 6.07 Å². The molecule has 0 N–H and O–H groups in total. The number of imide groups is 1. The molecule has 1 rings (SSSR count). The van der Waals surface area contributed by atoms with Gasteiger partial charge in [-0.1, -0.05) is 0 Å². The van der Waals surface area contributed by atoms with Crippen molar-refractivity contribution in [1.29, 1.82) is 5.26 Å². The van der Waals surface area contributed by atoms with E-state index in [9.17, 15) is 9.59 Å². The molecule has 0 atom stereocenters. The summed E-state index contributed by atoms with van der Waals surface area (Å²) < 4.78 is 0. The van der Waals surface area contributed by atoms with E-state index in [4.69, 9.17) is 5.26 Å². The first-order valence-electron chi connectivity index (χ1n) is 5.71. The summed E-state index contributed by atoms with van der Waals surface area (Å²) in [7, 11) is 0. The molecule has 16 heavy (non-hydrogen) atoms. The van der Waals surface area contributed by atoms with Crippen molar-refractivity contribution >= 4 is 11.8 Å². The first kappa shape index (κ1) is 12.7. The summed E-state index contributed by atoms with van der Waals surface area (Å²) in [6.07, 6.45) is 3.05. The Morgan fingerprint density at radius 2 is 1.75 bits per heavy atom. The van der Waals surface area contributed by atoms with E-state index in [1.807, 2.05) is 13.8 Å². The minimum atomic E-state index is -0.479.